The van der Waals surface area contributed by atoms with Crippen LogP contribution in [0.2, 0.25) is 0 Å². The Balaban J connectivity index is 2.77. The van der Waals surface area contributed by atoms with Gasteiger partial charge in [0.25, 0.3) is 0 Å². The molecule has 1 aliphatic rings. The van der Waals surface area contributed by atoms with Crippen LogP contribution in [0.1, 0.15) is 39.0 Å². The number of aliphatic carboxylic acids is 1. The molecule has 1 N–H and O–H groups in total. The van der Waals surface area contributed by atoms with Gasteiger partial charge in [-0.05, 0) is 32.1 Å². The third-order valence-corrected chi connectivity index (χ3v) is 6.05. The van der Waals surface area contributed by atoms with E-state index in [4.69, 9.17) is 5.11 Å². The molecule has 0 bridgehead atoms. The van der Waals surface area contributed by atoms with Gasteiger partial charge in [0.05, 0.1) is 11.2 Å². The average molecular weight is 331 g/mol. The zero-order valence-corrected chi connectivity index (χ0v) is 12.6. The molecular formula is C12H20F3NO4S. The highest BCUT2D eigenvalue weighted by molar-refractivity contribution is 7.89. The quantitative estimate of drug-likeness (QED) is 0.810. The van der Waals surface area contributed by atoms with Gasteiger partial charge in [0.2, 0.25) is 10.0 Å². The van der Waals surface area contributed by atoms with E-state index in [-0.39, 0.29) is 32.2 Å². The molecule has 21 heavy (non-hydrogen) atoms. The van der Waals surface area contributed by atoms with E-state index < -0.39 is 39.9 Å². The molecule has 0 aromatic rings. The minimum atomic E-state index is -4.29. The molecule has 1 fully saturated rings. The van der Waals surface area contributed by atoms with Crippen LogP contribution < -0.4 is 0 Å². The normalized spacial score (nSPS) is 24.2. The largest absolute Gasteiger partial charge is 0.480 e. The molecule has 0 aromatic heterocycles. The number of hydrogen-bond acceptors (Lipinski definition) is 3. The number of carbonyl (C=O) groups is 1. The van der Waals surface area contributed by atoms with Crippen LogP contribution in [0.3, 0.4) is 0 Å². The van der Waals surface area contributed by atoms with Crippen molar-refractivity contribution in [2.24, 2.45) is 5.92 Å². The number of nitrogens with zero attached hydrogens (tertiary/aromatic N) is 1. The maximum atomic E-state index is 12.6. The predicted molar refractivity (Wildman–Crippen MR) is 70.2 cm³/mol. The van der Waals surface area contributed by atoms with Crippen molar-refractivity contribution in [1.29, 1.82) is 0 Å². The summed E-state index contributed by atoms with van der Waals surface area (Å²) in [6, 6.07) is 0. The number of carboxylic acid groups (broad SMARTS) is 1. The maximum Gasteiger partial charge on any atom is 0.391 e. The number of sulfonamides is 1. The molecule has 0 radical (unpaired) electrons. The minimum absolute atomic E-state index is 0.0633. The van der Waals surface area contributed by atoms with Crippen LogP contribution in [0.25, 0.3) is 0 Å². The summed E-state index contributed by atoms with van der Waals surface area (Å²) in [5, 5.41) is 7.85. The Hall–Kier alpha value is -0.830. The van der Waals surface area contributed by atoms with E-state index in [0.717, 1.165) is 4.31 Å². The summed E-state index contributed by atoms with van der Waals surface area (Å²) in [5.41, 5.74) is 0. The molecule has 5 nitrogen and oxygen atoms in total. The zero-order valence-electron chi connectivity index (χ0n) is 11.8. The lowest BCUT2D eigenvalue weighted by molar-refractivity contribution is -0.181. The summed E-state index contributed by atoms with van der Waals surface area (Å²) >= 11 is 0. The summed E-state index contributed by atoms with van der Waals surface area (Å²) in [4.78, 5) is 10.7. The third kappa shape index (κ3) is 4.84. The molecule has 0 atom stereocenters. The lowest BCUT2D eigenvalue weighted by Gasteiger charge is -2.32. The third-order valence-electron chi connectivity index (χ3n) is 3.70. The standard InChI is InChI=1S/C12H20F3NO4S/c1-2-7-16(8-11(17)18)21(19,20)10-5-3-9(4-6-10)12(13,14)15/h9-10H,2-8H2,1H3,(H,17,18). The fourth-order valence-electron chi connectivity index (χ4n) is 2.60. The highest BCUT2D eigenvalue weighted by atomic mass is 32.2. The first-order chi connectivity index (χ1) is 9.59. The van der Waals surface area contributed by atoms with Gasteiger partial charge < -0.3 is 5.11 Å². The van der Waals surface area contributed by atoms with Crippen LogP contribution in [0, 0.1) is 5.92 Å². The van der Waals surface area contributed by atoms with E-state index in [2.05, 4.69) is 0 Å². The van der Waals surface area contributed by atoms with Crippen LogP contribution in [0.5, 0.6) is 0 Å². The molecule has 0 heterocycles. The fourth-order valence-corrected chi connectivity index (χ4v) is 4.61. The van der Waals surface area contributed by atoms with Crippen LogP contribution in [0.15, 0.2) is 0 Å². The van der Waals surface area contributed by atoms with E-state index in [9.17, 15) is 26.4 Å². The Kier molecular flexibility index (Phi) is 6.03. The van der Waals surface area contributed by atoms with Gasteiger partial charge in [-0.2, -0.15) is 17.5 Å². The number of rotatable bonds is 6. The molecule has 1 rings (SSSR count). The molecule has 0 aromatic carbocycles. The number of carboxylic acids is 1. The van der Waals surface area contributed by atoms with E-state index in [1.54, 1.807) is 6.92 Å². The molecular weight excluding hydrogens is 311 g/mol. The molecule has 0 unspecified atom stereocenters. The van der Waals surface area contributed by atoms with Crippen LogP contribution in [0.4, 0.5) is 13.2 Å². The monoisotopic (exact) mass is 331 g/mol. The molecule has 0 aliphatic heterocycles. The van der Waals surface area contributed by atoms with Crippen molar-refractivity contribution in [3.63, 3.8) is 0 Å². The average Bonchev–Trinajstić information content (AvgIpc) is 2.37. The molecule has 124 valence electrons. The smallest absolute Gasteiger partial charge is 0.391 e. The fraction of sp³-hybridized carbons (Fsp3) is 0.917. The van der Waals surface area contributed by atoms with Gasteiger partial charge in [-0.3, -0.25) is 4.79 Å². The van der Waals surface area contributed by atoms with Crippen molar-refractivity contribution in [2.75, 3.05) is 13.1 Å². The van der Waals surface area contributed by atoms with E-state index in [0.29, 0.717) is 6.42 Å². The summed E-state index contributed by atoms with van der Waals surface area (Å²) in [6.45, 7) is 1.13. The first-order valence-corrected chi connectivity index (χ1v) is 8.36. The first kappa shape index (κ1) is 18.2. The summed E-state index contributed by atoms with van der Waals surface area (Å²) in [5.74, 6) is -2.72. The highest BCUT2D eigenvalue weighted by Crippen LogP contribution is 2.39. The topological polar surface area (TPSA) is 74.7 Å². The van der Waals surface area contributed by atoms with Gasteiger partial charge in [0, 0.05) is 6.54 Å². The van der Waals surface area contributed by atoms with Gasteiger partial charge in [-0.25, -0.2) is 8.42 Å². The second-order valence-corrected chi connectivity index (χ2v) is 7.50. The number of alkyl halides is 3. The van der Waals surface area contributed by atoms with Gasteiger partial charge in [0.15, 0.2) is 0 Å². The van der Waals surface area contributed by atoms with Crippen molar-refractivity contribution in [2.45, 2.75) is 50.5 Å². The number of halogens is 3. The Bertz CT molecular complexity index is 456. The summed E-state index contributed by atoms with van der Waals surface area (Å²) in [6.07, 6.45) is -4.44. The van der Waals surface area contributed by atoms with Crippen molar-refractivity contribution >= 4 is 16.0 Å². The van der Waals surface area contributed by atoms with Gasteiger partial charge in [-0.1, -0.05) is 6.92 Å². The first-order valence-electron chi connectivity index (χ1n) is 6.86. The maximum absolute atomic E-state index is 12.6. The lowest BCUT2D eigenvalue weighted by Crippen LogP contribution is -2.44. The summed E-state index contributed by atoms with van der Waals surface area (Å²) < 4.78 is 63.3. The predicted octanol–water partition coefficient (Wildman–Crippen LogP) is 2.23. The second-order valence-electron chi connectivity index (χ2n) is 5.29. The molecule has 0 amide bonds. The molecule has 1 saturated carbocycles. The number of hydrogen-bond donors (Lipinski definition) is 1. The molecule has 9 heteroatoms. The molecule has 0 spiro atoms. The summed E-state index contributed by atoms with van der Waals surface area (Å²) in [7, 11) is -3.87. The van der Waals surface area contributed by atoms with Gasteiger partial charge in [0.1, 0.15) is 6.54 Å². The van der Waals surface area contributed by atoms with Gasteiger partial charge in [-0.15, -0.1) is 0 Å². The SMILES string of the molecule is CCCN(CC(=O)O)S(=O)(=O)C1CCC(C(F)(F)F)CC1. The minimum Gasteiger partial charge on any atom is -0.480 e. The van der Waals surface area contributed by atoms with E-state index in [1.807, 2.05) is 0 Å². The highest BCUT2D eigenvalue weighted by Gasteiger charge is 2.44. The van der Waals surface area contributed by atoms with Crippen LogP contribution in [-0.4, -0.2) is 48.3 Å². The van der Waals surface area contributed by atoms with E-state index >= 15 is 0 Å². The van der Waals surface area contributed by atoms with Crippen molar-refractivity contribution in [3.05, 3.63) is 0 Å². The van der Waals surface area contributed by atoms with Crippen molar-refractivity contribution in [3.8, 4) is 0 Å². The Morgan fingerprint density at radius 1 is 1.24 bits per heavy atom. The lowest BCUT2D eigenvalue weighted by atomic mass is 9.88. The van der Waals surface area contributed by atoms with Crippen LogP contribution in [-0.2, 0) is 14.8 Å². The second kappa shape index (κ2) is 6.95. The molecule has 0 saturated heterocycles. The Morgan fingerprint density at radius 3 is 2.14 bits per heavy atom. The Labute approximate surface area is 122 Å². The van der Waals surface area contributed by atoms with Crippen LogP contribution >= 0.6 is 0 Å². The molecule has 1 aliphatic carbocycles. The Morgan fingerprint density at radius 2 is 1.76 bits per heavy atom. The van der Waals surface area contributed by atoms with Crippen molar-refractivity contribution < 1.29 is 31.5 Å². The zero-order chi connectivity index (χ0) is 16.3. The van der Waals surface area contributed by atoms with Gasteiger partial charge >= 0.3 is 12.1 Å². The van der Waals surface area contributed by atoms with E-state index in [1.165, 1.54) is 0 Å². The van der Waals surface area contributed by atoms with Crippen molar-refractivity contribution in [1.82, 2.24) is 4.31 Å².